The van der Waals surface area contributed by atoms with Crippen molar-refractivity contribution >= 4 is 46.3 Å². The Morgan fingerprint density at radius 3 is 2.67 bits per heavy atom. The van der Waals surface area contributed by atoms with Gasteiger partial charge in [-0.1, -0.05) is 11.6 Å². The molecule has 4 aromatic heterocycles. The quantitative estimate of drug-likeness (QED) is 0.283. The third kappa shape index (κ3) is 5.89. The van der Waals surface area contributed by atoms with E-state index in [9.17, 15) is 23.1 Å². The fourth-order valence-corrected chi connectivity index (χ4v) is 4.83. The smallest absolute Gasteiger partial charge is 0.475 e. The van der Waals surface area contributed by atoms with Gasteiger partial charge in [0.25, 0.3) is 5.91 Å². The van der Waals surface area contributed by atoms with Crippen molar-refractivity contribution in [2.24, 2.45) is 0 Å². The number of amides is 1. The van der Waals surface area contributed by atoms with E-state index in [0.29, 0.717) is 17.2 Å². The Kier molecular flexibility index (Phi) is 7.81. The zero-order valence-electron chi connectivity index (χ0n) is 21.4. The van der Waals surface area contributed by atoms with Crippen molar-refractivity contribution in [3.05, 3.63) is 53.2 Å². The van der Waals surface area contributed by atoms with Crippen LogP contribution >= 0.6 is 11.6 Å². The number of carbonyl (C=O) groups excluding carboxylic acids is 1. The van der Waals surface area contributed by atoms with E-state index >= 15 is 0 Å². The monoisotopic (exact) mass is 582 g/mol. The van der Waals surface area contributed by atoms with Crippen LogP contribution in [0.3, 0.4) is 0 Å². The summed E-state index contributed by atoms with van der Waals surface area (Å²) < 4.78 is 35.1. The van der Waals surface area contributed by atoms with E-state index in [1.807, 2.05) is 24.3 Å². The van der Waals surface area contributed by atoms with Crippen molar-refractivity contribution < 1.29 is 33.0 Å². The summed E-state index contributed by atoms with van der Waals surface area (Å²) in [6.07, 6.45) is 3.16. The standard InChI is InChI=1S/C22H25ClN8O2.C2HF3O2/c1-13(27-20(32)17-18(24)28-31-8-4-6-26-19(17)31)14-9-15(23)16-10-25-12-30(16)21(14)29-7-3-5-22(2,33)11-29;3-2(4,5)1(6)7/h4,6,8-10,12-13,33H,3,5,7,11H2,1-2H3,(H2,24,28)(H,27,32);(H,6,7). The maximum atomic E-state index is 13.2. The number of fused-ring (bicyclic) bond motifs is 2. The van der Waals surface area contributed by atoms with Crippen LogP contribution < -0.4 is 16.0 Å². The molecule has 1 amide bonds. The Bertz CT molecular complexity index is 1570. The molecule has 5 N–H and O–H groups in total. The molecule has 0 radical (unpaired) electrons. The number of alkyl halides is 3. The van der Waals surface area contributed by atoms with Gasteiger partial charge in [0.15, 0.2) is 11.5 Å². The fraction of sp³-hybridized carbons (Fsp3) is 0.375. The average molecular weight is 583 g/mol. The molecule has 1 saturated heterocycles. The maximum Gasteiger partial charge on any atom is 0.490 e. The molecule has 0 spiro atoms. The first kappa shape index (κ1) is 28.9. The molecule has 5 rings (SSSR count). The Hall–Kier alpha value is -4.11. The average Bonchev–Trinajstić information content (AvgIpc) is 3.47. The molecule has 0 saturated carbocycles. The van der Waals surface area contributed by atoms with Crippen molar-refractivity contribution in [2.75, 3.05) is 23.7 Å². The van der Waals surface area contributed by atoms with Crippen molar-refractivity contribution in [1.82, 2.24) is 29.3 Å². The zero-order chi connectivity index (χ0) is 29.4. The van der Waals surface area contributed by atoms with Gasteiger partial charge < -0.3 is 26.2 Å². The zero-order valence-corrected chi connectivity index (χ0v) is 22.1. The number of carboxylic acid groups (broad SMARTS) is 1. The summed E-state index contributed by atoms with van der Waals surface area (Å²) in [5.41, 5.74) is 7.38. The third-order valence-electron chi connectivity index (χ3n) is 6.33. The lowest BCUT2D eigenvalue weighted by molar-refractivity contribution is -0.192. The number of hydrogen-bond donors (Lipinski definition) is 4. The van der Waals surface area contributed by atoms with E-state index in [4.69, 9.17) is 27.2 Å². The highest BCUT2D eigenvalue weighted by Crippen LogP contribution is 2.35. The van der Waals surface area contributed by atoms with Gasteiger partial charge in [-0.25, -0.2) is 19.3 Å². The summed E-state index contributed by atoms with van der Waals surface area (Å²) in [7, 11) is 0. The predicted octanol–water partition coefficient (Wildman–Crippen LogP) is 3.09. The number of aliphatic carboxylic acids is 1. The minimum atomic E-state index is -5.08. The number of pyridine rings is 1. The van der Waals surface area contributed by atoms with Crippen LogP contribution in [-0.2, 0) is 4.79 Å². The summed E-state index contributed by atoms with van der Waals surface area (Å²) >= 11 is 6.57. The summed E-state index contributed by atoms with van der Waals surface area (Å²) in [6.45, 7) is 4.95. The number of aliphatic hydroxyl groups is 1. The fourth-order valence-electron chi connectivity index (χ4n) is 4.58. The topological polar surface area (TPSA) is 163 Å². The number of hydrogen-bond acceptors (Lipinski definition) is 8. The highest BCUT2D eigenvalue weighted by atomic mass is 35.5. The molecule has 1 aliphatic rings. The van der Waals surface area contributed by atoms with Crippen molar-refractivity contribution in [1.29, 1.82) is 0 Å². The number of piperidine rings is 1. The Labute approximate surface area is 230 Å². The highest BCUT2D eigenvalue weighted by molar-refractivity contribution is 6.34. The van der Waals surface area contributed by atoms with E-state index < -0.39 is 23.8 Å². The van der Waals surface area contributed by atoms with Crippen molar-refractivity contribution in [3.8, 4) is 0 Å². The number of nitrogen functional groups attached to an aromatic ring is 1. The largest absolute Gasteiger partial charge is 0.490 e. The first-order valence-corrected chi connectivity index (χ1v) is 12.4. The summed E-state index contributed by atoms with van der Waals surface area (Å²) in [6, 6.07) is 3.13. The SMILES string of the molecule is CC(NC(=O)c1c(N)nn2cccnc12)c1cc(Cl)c2cncn2c1N1CCCC(C)(O)C1.O=C(O)C(F)(F)F. The number of anilines is 2. The van der Waals surface area contributed by atoms with Crippen LogP contribution in [0.4, 0.5) is 24.8 Å². The molecule has 0 aromatic carbocycles. The first-order chi connectivity index (χ1) is 18.7. The van der Waals surface area contributed by atoms with Crippen LogP contribution in [0.1, 0.15) is 48.7 Å². The normalized spacial score (nSPS) is 18.3. The van der Waals surface area contributed by atoms with Gasteiger partial charge in [0, 0.05) is 31.0 Å². The van der Waals surface area contributed by atoms with Crippen LogP contribution in [0.2, 0.25) is 5.02 Å². The Balaban J connectivity index is 0.000000470. The van der Waals surface area contributed by atoms with Gasteiger partial charge in [-0.2, -0.15) is 13.2 Å². The second-order valence-electron chi connectivity index (χ2n) is 9.59. The molecule has 0 bridgehead atoms. The number of nitrogens with two attached hydrogens (primary N) is 1. The van der Waals surface area contributed by atoms with Crippen LogP contribution in [-0.4, -0.2) is 70.9 Å². The van der Waals surface area contributed by atoms with E-state index in [-0.39, 0.29) is 17.3 Å². The molecule has 2 unspecified atom stereocenters. The number of rotatable bonds is 4. The number of carboxylic acids is 1. The van der Waals surface area contributed by atoms with Gasteiger partial charge in [-0.05, 0) is 38.8 Å². The van der Waals surface area contributed by atoms with Crippen LogP contribution in [0, 0.1) is 0 Å². The molecule has 40 heavy (non-hydrogen) atoms. The van der Waals surface area contributed by atoms with Gasteiger partial charge in [-0.3, -0.25) is 9.20 Å². The molecular formula is C24H26ClF3N8O4. The predicted molar refractivity (Wildman–Crippen MR) is 139 cm³/mol. The van der Waals surface area contributed by atoms with Crippen molar-refractivity contribution in [3.63, 3.8) is 0 Å². The Morgan fingerprint density at radius 2 is 2.02 bits per heavy atom. The minimum absolute atomic E-state index is 0.105. The van der Waals surface area contributed by atoms with Gasteiger partial charge >= 0.3 is 12.1 Å². The van der Waals surface area contributed by atoms with Gasteiger partial charge in [-0.15, -0.1) is 5.10 Å². The summed E-state index contributed by atoms with van der Waals surface area (Å²) in [4.78, 5) is 32.8. The second kappa shape index (κ2) is 10.8. The van der Waals surface area contributed by atoms with Crippen molar-refractivity contribution in [2.45, 2.75) is 44.5 Å². The number of halogens is 4. The lowest BCUT2D eigenvalue weighted by Gasteiger charge is -2.39. The number of nitrogens with one attached hydrogen (secondary N) is 1. The number of β-amino-alcohol motifs (C(OH)–C–C–N with tert-alkyl or cyclic N) is 1. The number of nitrogens with zero attached hydrogens (tertiary/aromatic N) is 6. The maximum absolute atomic E-state index is 13.2. The van der Waals surface area contributed by atoms with Crippen LogP contribution in [0.5, 0.6) is 0 Å². The molecule has 1 aliphatic heterocycles. The van der Waals surface area contributed by atoms with Crippen LogP contribution in [0.15, 0.2) is 37.1 Å². The molecular weight excluding hydrogens is 557 g/mol. The highest BCUT2D eigenvalue weighted by Gasteiger charge is 2.38. The lowest BCUT2D eigenvalue weighted by Crippen LogP contribution is -2.47. The second-order valence-corrected chi connectivity index (χ2v) is 10.00. The van der Waals surface area contributed by atoms with E-state index in [2.05, 4.69) is 25.3 Å². The molecule has 16 heteroatoms. The van der Waals surface area contributed by atoms with Crippen LogP contribution in [0.25, 0.3) is 11.2 Å². The molecule has 12 nitrogen and oxygen atoms in total. The summed E-state index contributed by atoms with van der Waals surface area (Å²) in [5.74, 6) is -2.20. The molecule has 1 fully saturated rings. The van der Waals surface area contributed by atoms with Gasteiger partial charge in [0.05, 0.1) is 28.4 Å². The number of imidazole rings is 1. The number of carbonyl (C=O) groups is 2. The van der Waals surface area contributed by atoms with Gasteiger partial charge in [0.1, 0.15) is 17.7 Å². The molecule has 5 heterocycles. The first-order valence-electron chi connectivity index (χ1n) is 12.0. The van der Waals surface area contributed by atoms with Gasteiger partial charge in [0.2, 0.25) is 0 Å². The molecule has 214 valence electrons. The Morgan fingerprint density at radius 1 is 1.32 bits per heavy atom. The van der Waals surface area contributed by atoms with E-state index in [0.717, 1.165) is 36.3 Å². The molecule has 4 aromatic rings. The van der Waals surface area contributed by atoms with E-state index in [1.54, 1.807) is 31.0 Å². The lowest BCUT2D eigenvalue weighted by atomic mass is 9.94. The minimum Gasteiger partial charge on any atom is -0.475 e. The molecule has 2 atom stereocenters. The molecule has 0 aliphatic carbocycles. The van der Waals surface area contributed by atoms with E-state index in [1.165, 1.54) is 4.52 Å². The number of aromatic nitrogens is 5. The third-order valence-corrected chi connectivity index (χ3v) is 6.63. The summed E-state index contributed by atoms with van der Waals surface area (Å²) in [5, 5.41) is 25.6.